The third-order valence-electron chi connectivity index (χ3n) is 4.32. The molecule has 0 spiro atoms. The molecule has 2 N–H and O–H groups in total. The van der Waals surface area contributed by atoms with E-state index in [0.717, 1.165) is 35.1 Å². The van der Waals surface area contributed by atoms with Gasteiger partial charge in [0.2, 0.25) is 5.95 Å². The van der Waals surface area contributed by atoms with Gasteiger partial charge in [-0.3, -0.25) is 14.8 Å². The maximum Gasteiger partial charge on any atom is 0.255 e. The predicted octanol–water partition coefficient (Wildman–Crippen LogP) is 3.42. The fourth-order valence-electron chi connectivity index (χ4n) is 2.68. The van der Waals surface area contributed by atoms with Gasteiger partial charge in [-0.25, -0.2) is 4.98 Å². The number of aryl methyl sites for hydroxylation is 1. The number of benzene rings is 1. The highest BCUT2D eigenvalue weighted by Gasteiger charge is 2.05. The average molecular weight is 397 g/mol. The number of anilines is 1. The van der Waals surface area contributed by atoms with Gasteiger partial charge in [0.15, 0.2) is 0 Å². The molecule has 0 radical (unpaired) electrons. The second kappa shape index (κ2) is 9.94. The molecule has 3 rings (SSSR count). The second-order valence-electron chi connectivity index (χ2n) is 6.36. The normalized spacial score (nSPS) is 10.6. The number of aromatic amines is 1. The summed E-state index contributed by atoms with van der Waals surface area (Å²) in [6, 6.07) is 11.7. The van der Waals surface area contributed by atoms with Crippen LogP contribution in [-0.4, -0.2) is 34.4 Å². The lowest BCUT2D eigenvalue weighted by Crippen LogP contribution is -2.18. The van der Waals surface area contributed by atoms with Crippen LogP contribution in [0.5, 0.6) is 5.75 Å². The number of pyridine rings is 1. The summed E-state index contributed by atoms with van der Waals surface area (Å²) in [4.78, 5) is 23.8. The number of nitrogens with zero attached hydrogens (tertiary/aromatic N) is 2. The van der Waals surface area contributed by atoms with Gasteiger partial charge in [0.05, 0.1) is 12.8 Å². The topological polar surface area (TPSA) is 79.9 Å². The van der Waals surface area contributed by atoms with Crippen molar-refractivity contribution in [2.45, 2.75) is 19.1 Å². The molecule has 0 atom stereocenters. The molecular formula is C21H24N4O2S. The minimum absolute atomic E-state index is 0.120. The maximum atomic E-state index is 12.3. The Balaban J connectivity index is 1.47. The zero-order valence-electron chi connectivity index (χ0n) is 16.1. The maximum absolute atomic E-state index is 12.3. The molecule has 0 amide bonds. The van der Waals surface area contributed by atoms with E-state index in [1.807, 2.05) is 36.5 Å². The number of methoxy groups -OCH3 is 1. The van der Waals surface area contributed by atoms with Crippen molar-refractivity contribution < 1.29 is 4.74 Å². The highest BCUT2D eigenvalue weighted by molar-refractivity contribution is 7.98. The third-order valence-corrected chi connectivity index (χ3v) is 5.29. The first-order valence-electron chi connectivity index (χ1n) is 9.09. The largest absolute Gasteiger partial charge is 0.497 e. The summed E-state index contributed by atoms with van der Waals surface area (Å²) < 4.78 is 5.15. The van der Waals surface area contributed by atoms with E-state index in [9.17, 15) is 4.79 Å². The van der Waals surface area contributed by atoms with Crippen LogP contribution >= 0.6 is 11.8 Å². The van der Waals surface area contributed by atoms with Gasteiger partial charge < -0.3 is 10.1 Å². The average Bonchev–Trinajstić information content (AvgIpc) is 2.71. The highest BCUT2D eigenvalue weighted by atomic mass is 32.2. The molecule has 0 saturated carbocycles. The van der Waals surface area contributed by atoms with Crippen molar-refractivity contribution in [1.82, 2.24) is 15.0 Å². The van der Waals surface area contributed by atoms with E-state index in [-0.39, 0.29) is 5.56 Å². The molecular weight excluding hydrogens is 372 g/mol. The van der Waals surface area contributed by atoms with Gasteiger partial charge in [0.1, 0.15) is 5.75 Å². The smallest absolute Gasteiger partial charge is 0.255 e. The Hall–Kier alpha value is -2.80. The van der Waals surface area contributed by atoms with Crippen molar-refractivity contribution in [1.29, 1.82) is 0 Å². The van der Waals surface area contributed by atoms with Gasteiger partial charge in [-0.15, -0.1) is 0 Å². The first kappa shape index (κ1) is 19.9. The summed E-state index contributed by atoms with van der Waals surface area (Å²) in [5.41, 5.74) is 3.87. The van der Waals surface area contributed by atoms with Gasteiger partial charge >= 0.3 is 0 Å². The van der Waals surface area contributed by atoms with E-state index in [1.165, 1.54) is 5.56 Å². The Morgan fingerprint density at radius 3 is 2.71 bits per heavy atom. The van der Waals surface area contributed by atoms with Crippen molar-refractivity contribution >= 4 is 17.7 Å². The molecule has 146 valence electrons. The van der Waals surface area contributed by atoms with Crippen molar-refractivity contribution in [3.63, 3.8) is 0 Å². The molecule has 0 aliphatic heterocycles. The monoisotopic (exact) mass is 396 g/mol. The number of hydrogen-bond donors (Lipinski definition) is 2. The summed E-state index contributed by atoms with van der Waals surface area (Å²) in [6.45, 7) is 2.79. The van der Waals surface area contributed by atoms with E-state index in [4.69, 9.17) is 4.74 Å². The van der Waals surface area contributed by atoms with Crippen LogP contribution < -0.4 is 15.6 Å². The molecule has 2 aromatic heterocycles. The zero-order chi connectivity index (χ0) is 19.8. The van der Waals surface area contributed by atoms with Crippen molar-refractivity contribution in [3.8, 4) is 5.75 Å². The molecule has 0 aliphatic rings. The Kier molecular flexibility index (Phi) is 7.08. The van der Waals surface area contributed by atoms with Gasteiger partial charge in [-0.1, -0.05) is 18.2 Å². The molecule has 0 saturated heterocycles. The van der Waals surface area contributed by atoms with Crippen LogP contribution in [0.2, 0.25) is 0 Å². The quantitative estimate of drug-likeness (QED) is 0.540. The van der Waals surface area contributed by atoms with E-state index in [1.54, 1.807) is 25.1 Å². The minimum atomic E-state index is -0.120. The van der Waals surface area contributed by atoms with Crippen LogP contribution in [0, 0.1) is 6.92 Å². The molecule has 7 heteroatoms. The molecule has 28 heavy (non-hydrogen) atoms. The molecule has 1 aromatic carbocycles. The first-order valence-corrected chi connectivity index (χ1v) is 10.2. The molecule has 0 bridgehead atoms. The number of ether oxygens (including phenoxy) is 1. The lowest BCUT2D eigenvalue weighted by atomic mass is 10.1. The second-order valence-corrected chi connectivity index (χ2v) is 7.46. The summed E-state index contributed by atoms with van der Waals surface area (Å²) >= 11 is 1.80. The van der Waals surface area contributed by atoms with Gasteiger partial charge in [0.25, 0.3) is 5.56 Å². The van der Waals surface area contributed by atoms with E-state index < -0.39 is 0 Å². The first-order chi connectivity index (χ1) is 13.7. The Morgan fingerprint density at radius 2 is 2.00 bits per heavy atom. The number of thioether (sulfide) groups is 1. The number of H-pyrrole nitrogens is 1. The standard InChI is InChI=1S/C21H24N4O2S/c1-15-4-3-9-22-19(15)14-28-11-10-23-21-24-13-17(20(26)25-21)12-16-5-7-18(27-2)8-6-16/h3-9,13H,10-12,14H2,1-2H3,(H2,23,24,25,26). The van der Waals surface area contributed by atoms with Crippen LogP contribution in [0.15, 0.2) is 53.6 Å². The molecule has 0 aliphatic carbocycles. The third kappa shape index (κ3) is 5.60. The number of nitrogens with one attached hydrogen (secondary N) is 2. The lowest BCUT2D eigenvalue weighted by molar-refractivity contribution is 0.414. The van der Waals surface area contributed by atoms with E-state index >= 15 is 0 Å². The minimum Gasteiger partial charge on any atom is -0.497 e. The van der Waals surface area contributed by atoms with Gasteiger partial charge in [-0.05, 0) is 36.2 Å². The lowest BCUT2D eigenvalue weighted by Gasteiger charge is -2.07. The Bertz CT molecular complexity index is 957. The van der Waals surface area contributed by atoms with E-state index in [0.29, 0.717) is 17.9 Å². The number of rotatable bonds is 9. The highest BCUT2D eigenvalue weighted by Crippen LogP contribution is 2.14. The van der Waals surface area contributed by atoms with Crippen LogP contribution in [0.4, 0.5) is 5.95 Å². The molecule has 0 unspecified atom stereocenters. The molecule has 6 nitrogen and oxygen atoms in total. The van der Waals surface area contributed by atoms with Crippen molar-refractivity contribution in [3.05, 3.63) is 81.5 Å². The van der Waals surface area contributed by atoms with Gasteiger partial charge in [-0.2, -0.15) is 11.8 Å². The van der Waals surface area contributed by atoms with Crippen molar-refractivity contribution in [2.24, 2.45) is 0 Å². The van der Waals surface area contributed by atoms with Crippen molar-refractivity contribution in [2.75, 3.05) is 24.7 Å². The number of aromatic nitrogens is 3. The fraction of sp³-hybridized carbons (Fsp3) is 0.286. The van der Waals surface area contributed by atoms with E-state index in [2.05, 4.69) is 33.3 Å². The Morgan fingerprint density at radius 1 is 1.18 bits per heavy atom. The molecule has 2 heterocycles. The Labute approximate surface area is 168 Å². The fourth-order valence-corrected chi connectivity index (χ4v) is 3.57. The zero-order valence-corrected chi connectivity index (χ0v) is 16.9. The number of hydrogen-bond acceptors (Lipinski definition) is 6. The van der Waals surface area contributed by atoms with Crippen LogP contribution in [0.25, 0.3) is 0 Å². The summed E-state index contributed by atoms with van der Waals surface area (Å²) in [7, 11) is 1.63. The summed E-state index contributed by atoms with van der Waals surface area (Å²) in [5.74, 6) is 3.07. The van der Waals surface area contributed by atoms with Gasteiger partial charge in [0, 0.05) is 42.4 Å². The molecule has 3 aromatic rings. The van der Waals surface area contributed by atoms with Crippen LogP contribution in [0.1, 0.15) is 22.4 Å². The molecule has 0 fully saturated rings. The predicted molar refractivity (Wildman–Crippen MR) is 114 cm³/mol. The summed E-state index contributed by atoms with van der Waals surface area (Å²) in [5, 5.41) is 3.17. The van der Waals surface area contributed by atoms with Crippen LogP contribution in [0.3, 0.4) is 0 Å². The summed E-state index contributed by atoms with van der Waals surface area (Å²) in [6.07, 6.45) is 3.99. The SMILES string of the molecule is COc1ccc(Cc2cnc(NCCSCc3ncccc3C)[nH]c2=O)cc1. The van der Waals surface area contributed by atoms with Crippen LogP contribution in [-0.2, 0) is 12.2 Å².